The lowest BCUT2D eigenvalue weighted by Gasteiger charge is -2.20. The first kappa shape index (κ1) is 15.0. The summed E-state index contributed by atoms with van der Waals surface area (Å²) in [6.45, 7) is 9.08. The second-order valence-corrected chi connectivity index (χ2v) is 6.63. The van der Waals surface area contributed by atoms with Gasteiger partial charge in [0, 0.05) is 18.5 Å². The molecule has 112 valence electrons. The fourth-order valence-corrected chi connectivity index (χ4v) is 2.31. The zero-order valence-electron chi connectivity index (χ0n) is 13.0. The van der Waals surface area contributed by atoms with Crippen molar-refractivity contribution in [1.29, 1.82) is 0 Å². The number of oxazole rings is 1. The van der Waals surface area contributed by atoms with E-state index in [4.69, 9.17) is 4.42 Å². The summed E-state index contributed by atoms with van der Waals surface area (Å²) in [5.41, 5.74) is -0.0325. The maximum absolute atomic E-state index is 12.0. The first-order valence-electron chi connectivity index (χ1n) is 7.28. The van der Waals surface area contributed by atoms with Crippen molar-refractivity contribution in [2.75, 3.05) is 26.7 Å². The number of hydrogen-bond donors (Lipinski definition) is 0. The third kappa shape index (κ3) is 3.82. The highest BCUT2D eigenvalue weighted by molar-refractivity contribution is 5.78. The summed E-state index contributed by atoms with van der Waals surface area (Å²) in [5.74, 6) is 1.76. The van der Waals surface area contributed by atoms with Gasteiger partial charge in [-0.15, -0.1) is 0 Å². The molecule has 1 amide bonds. The Kier molecular flexibility index (Phi) is 4.48. The molecule has 1 aliphatic rings. The van der Waals surface area contributed by atoms with Crippen molar-refractivity contribution >= 4 is 5.91 Å². The van der Waals surface area contributed by atoms with Crippen molar-refractivity contribution in [3.05, 3.63) is 17.8 Å². The van der Waals surface area contributed by atoms with Crippen molar-refractivity contribution in [3.8, 4) is 0 Å². The van der Waals surface area contributed by atoms with Crippen LogP contribution >= 0.6 is 0 Å². The van der Waals surface area contributed by atoms with Crippen LogP contribution in [0.2, 0.25) is 0 Å². The van der Waals surface area contributed by atoms with Gasteiger partial charge in [0.05, 0.1) is 19.3 Å². The van der Waals surface area contributed by atoms with Crippen LogP contribution in [0.1, 0.15) is 45.3 Å². The Morgan fingerprint density at radius 1 is 1.40 bits per heavy atom. The molecule has 0 bridgehead atoms. The van der Waals surface area contributed by atoms with Crippen LogP contribution in [0.3, 0.4) is 0 Å². The molecular weight excluding hydrogens is 254 g/mol. The number of likely N-dealkylation sites (N-methyl/N-ethyl adjacent to an activating group) is 1. The summed E-state index contributed by atoms with van der Waals surface area (Å²) < 4.78 is 5.75. The second kappa shape index (κ2) is 5.95. The molecule has 0 spiro atoms. The van der Waals surface area contributed by atoms with E-state index in [9.17, 15) is 4.79 Å². The minimum atomic E-state index is -0.0325. The highest BCUT2D eigenvalue weighted by Crippen LogP contribution is 2.23. The van der Waals surface area contributed by atoms with Crippen LogP contribution in [0.4, 0.5) is 0 Å². The maximum atomic E-state index is 12.0. The SMILES string of the molecule is CN(CC(=O)N1CCCC1)Cc1ncc(C(C)(C)C)o1. The second-order valence-electron chi connectivity index (χ2n) is 6.63. The molecule has 0 atom stereocenters. The lowest BCUT2D eigenvalue weighted by Crippen LogP contribution is -2.37. The zero-order chi connectivity index (χ0) is 14.8. The smallest absolute Gasteiger partial charge is 0.236 e. The number of carbonyl (C=O) groups excluding carboxylic acids is 1. The molecule has 1 saturated heterocycles. The number of hydrogen-bond acceptors (Lipinski definition) is 4. The summed E-state index contributed by atoms with van der Waals surface area (Å²) >= 11 is 0. The van der Waals surface area contributed by atoms with Crippen LogP contribution in [0, 0.1) is 0 Å². The summed E-state index contributed by atoms with van der Waals surface area (Å²) in [5, 5.41) is 0. The van der Waals surface area contributed by atoms with Gasteiger partial charge in [0.25, 0.3) is 0 Å². The van der Waals surface area contributed by atoms with E-state index < -0.39 is 0 Å². The summed E-state index contributed by atoms with van der Waals surface area (Å²) in [7, 11) is 1.93. The monoisotopic (exact) mass is 279 g/mol. The van der Waals surface area contributed by atoms with E-state index in [1.165, 1.54) is 0 Å². The highest BCUT2D eigenvalue weighted by atomic mass is 16.4. The van der Waals surface area contributed by atoms with Gasteiger partial charge in [-0.1, -0.05) is 20.8 Å². The van der Waals surface area contributed by atoms with E-state index in [0.29, 0.717) is 19.0 Å². The molecule has 2 rings (SSSR count). The Labute approximate surface area is 121 Å². The van der Waals surface area contributed by atoms with Crippen LogP contribution in [-0.4, -0.2) is 47.4 Å². The molecule has 0 aliphatic carbocycles. The van der Waals surface area contributed by atoms with Crippen LogP contribution in [0.15, 0.2) is 10.6 Å². The molecule has 1 fully saturated rings. The molecule has 0 N–H and O–H groups in total. The van der Waals surface area contributed by atoms with E-state index >= 15 is 0 Å². The summed E-state index contributed by atoms with van der Waals surface area (Å²) in [6.07, 6.45) is 4.04. The Morgan fingerprint density at radius 3 is 2.60 bits per heavy atom. The molecule has 0 aromatic carbocycles. The average Bonchev–Trinajstić information content (AvgIpc) is 2.97. The summed E-state index contributed by atoms with van der Waals surface area (Å²) in [4.78, 5) is 20.2. The van der Waals surface area contributed by atoms with Gasteiger partial charge in [-0.05, 0) is 19.9 Å². The molecule has 1 aromatic rings. The van der Waals surface area contributed by atoms with Crippen LogP contribution in [-0.2, 0) is 16.8 Å². The number of aromatic nitrogens is 1. The van der Waals surface area contributed by atoms with Gasteiger partial charge >= 0.3 is 0 Å². The maximum Gasteiger partial charge on any atom is 0.236 e. The number of likely N-dealkylation sites (tertiary alicyclic amines) is 1. The van der Waals surface area contributed by atoms with Gasteiger partial charge in [-0.3, -0.25) is 9.69 Å². The molecule has 1 aliphatic heterocycles. The molecule has 5 heteroatoms. The lowest BCUT2D eigenvalue weighted by atomic mass is 9.94. The van der Waals surface area contributed by atoms with Crippen LogP contribution < -0.4 is 0 Å². The van der Waals surface area contributed by atoms with Gasteiger partial charge in [-0.2, -0.15) is 0 Å². The average molecular weight is 279 g/mol. The standard InChI is InChI=1S/C15H25N3O2/c1-15(2,3)12-9-16-13(20-12)10-17(4)11-14(19)18-7-5-6-8-18/h9H,5-8,10-11H2,1-4H3. The van der Waals surface area contributed by atoms with E-state index in [1.54, 1.807) is 6.20 Å². The molecular formula is C15H25N3O2. The normalized spacial score (nSPS) is 16.1. The third-order valence-electron chi connectivity index (χ3n) is 3.56. The van der Waals surface area contributed by atoms with Gasteiger partial charge in [-0.25, -0.2) is 4.98 Å². The molecule has 2 heterocycles. The Hall–Kier alpha value is -1.36. The number of nitrogens with zero attached hydrogens (tertiary/aromatic N) is 3. The highest BCUT2D eigenvalue weighted by Gasteiger charge is 2.21. The minimum Gasteiger partial charge on any atom is -0.444 e. The van der Waals surface area contributed by atoms with E-state index in [-0.39, 0.29) is 11.3 Å². The lowest BCUT2D eigenvalue weighted by molar-refractivity contribution is -0.131. The Balaban J connectivity index is 1.86. The Bertz CT molecular complexity index is 456. The number of rotatable bonds is 4. The number of amides is 1. The molecule has 20 heavy (non-hydrogen) atoms. The van der Waals surface area contributed by atoms with Gasteiger partial charge in [0.2, 0.25) is 11.8 Å². The van der Waals surface area contributed by atoms with Crippen molar-refractivity contribution in [2.24, 2.45) is 0 Å². The fraction of sp³-hybridized carbons (Fsp3) is 0.733. The molecule has 5 nitrogen and oxygen atoms in total. The Morgan fingerprint density at radius 2 is 2.05 bits per heavy atom. The van der Waals surface area contributed by atoms with E-state index in [2.05, 4.69) is 25.8 Å². The van der Waals surface area contributed by atoms with Crippen molar-refractivity contribution in [1.82, 2.24) is 14.8 Å². The topological polar surface area (TPSA) is 49.6 Å². The third-order valence-corrected chi connectivity index (χ3v) is 3.56. The van der Waals surface area contributed by atoms with E-state index in [0.717, 1.165) is 31.7 Å². The quantitative estimate of drug-likeness (QED) is 0.846. The molecule has 0 unspecified atom stereocenters. The van der Waals surface area contributed by atoms with Crippen molar-refractivity contribution in [3.63, 3.8) is 0 Å². The molecule has 0 radical (unpaired) electrons. The molecule has 0 saturated carbocycles. The van der Waals surface area contributed by atoms with Crippen molar-refractivity contribution < 1.29 is 9.21 Å². The van der Waals surface area contributed by atoms with Crippen LogP contribution in [0.5, 0.6) is 0 Å². The zero-order valence-corrected chi connectivity index (χ0v) is 13.0. The largest absolute Gasteiger partial charge is 0.444 e. The predicted molar refractivity (Wildman–Crippen MR) is 77.4 cm³/mol. The van der Waals surface area contributed by atoms with Gasteiger partial charge in [0.15, 0.2) is 0 Å². The molecule has 1 aromatic heterocycles. The van der Waals surface area contributed by atoms with Gasteiger partial charge < -0.3 is 9.32 Å². The van der Waals surface area contributed by atoms with E-state index in [1.807, 2.05) is 16.8 Å². The first-order chi connectivity index (χ1) is 9.36. The number of carbonyl (C=O) groups is 1. The first-order valence-corrected chi connectivity index (χ1v) is 7.28. The summed E-state index contributed by atoms with van der Waals surface area (Å²) in [6, 6.07) is 0. The van der Waals surface area contributed by atoms with Crippen molar-refractivity contribution in [2.45, 2.75) is 45.6 Å². The van der Waals surface area contributed by atoms with Crippen LogP contribution in [0.25, 0.3) is 0 Å². The predicted octanol–water partition coefficient (Wildman–Crippen LogP) is 2.03. The minimum absolute atomic E-state index is 0.0325. The van der Waals surface area contributed by atoms with Gasteiger partial charge in [0.1, 0.15) is 5.76 Å². The fourth-order valence-electron chi connectivity index (χ4n) is 2.31.